The van der Waals surface area contributed by atoms with Crippen LogP contribution in [0.2, 0.25) is 0 Å². The molecule has 3 heterocycles. The van der Waals surface area contributed by atoms with Crippen LogP contribution in [0, 0.1) is 12.7 Å². The van der Waals surface area contributed by atoms with Crippen molar-refractivity contribution in [1.29, 1.82) is 0 Å². The molecule has 0 bridgehead atoms. The maximum Gasteiger partial charge on any atom is 0.235 e. The van der Waals surface area contributed by atoms with E-state index in [1.807, 2.05) is 13.0 Å². The van der Waals surface area contributed by atoms with Crippen LogP contribution in [0.5, 0.6) is 0 Å². The highest BCUT2D eigenvalue weighted by atomic mass is 19.1. The Labute approximate surface area is 132 Å². The summed E-state index contributed by atoms with van der Waals surface area (Å²) in [4.78, 5) is 4.19. The Hall–Kier alpha value is -2.90. The van der Waals surface area contributed by atoms with Gasteiger partial charge in [-0.3, -0.25) is 4.98 Å². The van der Waals surface area contributed by atoms with Crippen LogP contribution in [0.4, 0.5) is 15.8 Å². The van der Waals surface area contributed by atoms with Crippen molar-refractivity contribution in [2.45, 2.75) is 6.92 Å². The molecule has 0 unspecified atom stereocenters. The van der Waals surface area contributed by atoms with E-state index in [0.29, 0.717) is 22.6 Å². The van der Waals surface area contributed by atoms with Crippen LogP contribution in [0.25, 0.3) is 6.08 Å². The number of nitrogens with zero attached hydrogens (tertiary/aromatic N) is 4. The highest BCUT2D eigenvalue weighted by Gasteiger charge is 2.35. The lowest BCUT2D eigenvalue weighted by atomic mass is 10.1. The van der Waals surface area contributed by atoms with Crippen LogP contribution >= 0.6 is 0 Å². The number of pyridine rings is 1. The van der Waals surface area contributed by atoms with Crippen molar-refractivity contribution in [3.05, 3.63) is 71.3 Å². The van der Waals surface area contributed by atoms with E-state index in [-0.39, 0.29) is 17.2 Å². The molecule has 7 heteroatoms. The molecular formula is C16H14FN4O2. The van der Waals surface area contributed by atoms with Gasteiger partial charge in [-0.15, -0.1) is 0 Å². The number of aromatic nitrogens is 1. The molecule has 117 valence electrons. The van der Waals surface area contributed by atoms with Gasteiger partial charge >= 0.3 is 0 Å². The summed E-state index contributed by atoms with van der Waals surface area (Å²) in [6.45, 7) is 1.88. The molecule has 2 aliphatic rings. The first-order valence-corrected chi connectivity index (χ1v) is 6.79. The first-order chi connectivity index (χ1) is 10.6. The predicted octanol–water partition coefficient (Wildman–Crippen LogP) is 2.22. The standard InChI is InChI=1S/C16H12FN4O.H2O/c1-10-5-7-12(9-18-10)20-16(22)14-8-6-11-3-2-4-13(17)15(11)21(14)19-20;/h2-9,22H,1H3;1H2. The summed E-state index contributed by atoms with van der Waals surface area (Å²) in [6, 6.07) is 8.44. The number of aliphatic hydroxyl groups excluding tert-OH is 1. The van der Waals surface area contributed by atoms with Crippen LogP contribution in [-0.2, 0) is 0 Å². The Morgan fingerprint density at radius 2 is 1.91 bits per heavy atom. The van der Waals surface area contributed by atoms with E-state index >= 15 is 0 Å². The van der Waals surface area contributed by atoms with Gasteiger partial charge in [-0.25, -0.2) is 14.4 Å². The Morgan fingerprint density at radius 1 is 1.09 bits per heavy atom. The van der Waals surface area contributed by atoms with E-state index in [9.17, 15) is 9.50 Å². The fraction of sp³-hybridized carbons (Fsp3) is 0.0625. The van der Waals surface area contributed by atoms with Crippen LogP contribution in [0.15, 0.2) is 54.2 Å². The van der Waals surface area contributed by atoms with E-state index < -0.39 is 0 Å². The summed E-state index contributed by atoms with van der Waals surface area (Å²) >= 11 is 0. The number of fused-ring (bicyclic) bond motifs is 3. The number of allylic oxidation sites excluding steroid dienone is 1. The quantitative estimate of drug-likeness (QED) is 0.874. The van der Waals surface area contributed by atoms with E-state index in [1.54, 1.807) is 36.5 Å². The minimum absolute atomic E-state index is 0. The molecule has 3 N–H and O–H groups in total. The Morgan fingerprint density at radius 3 is 2.65 bits per heavy atom. The second-order valence-electron chi connectivity index (χ2n) is 5.09. The maximum atomic E-state index is 14.1. The molecule has 0 fully saturated rings. The fourth-order valence-electron chi connectivity index (χ4n) is 2.51. The summed E-state index contributed by atoms with van der Waals surface area (Å²) in [5.74, 6) is -0.449. The summed E-state index contributed by atoms with van der Waals surface area (Å²) in [5, 5.41) is 13.1. The van der Waals surface area contributed by atoms with Crippen molar-refractivity contribution in [3.8, 4) is 0 Å². The Kier molecular flexibility index (Phi) is 3.51. The Bertz CT molecular complexity index is 817. The molecule has 23 heavy (non-hydrogen) atoms. The second kappa shape index (κ2) is 5.38. The topological polar surface area (TPSA) is 85.2 Å². The van der Waals surface area contributed by atoms with Gasteiger partial charge in [0.25, 0.3) is 0 Å². The van der Waals surface area contributed by atoms with E-state index in [4.69, 9.17) is 0 Å². The number of halogens is 1. The average Bonchev–Trinajstić information content (AvgIpc) is 2.85. The molecule has 0 atom stereocenters. The molecule has 0 amide bonds. The van der Waals surface area contributed by atoms with E-state index in [1.165, 1.54) is 16.1 Å². The first kappa shape index (κ1) is 15.0. The molecule has 0 aliphatic carbocycles. The predicted molar refractivity (Wildman–Crippen MR) is 84.8 cm³/mol. The zero-order valence-electron chi connectivity index (χ0n) is 12.2. The van der Waals surface area contributed by atoms with Gasteiger partial charge < -0.3 is 10.6 Å². The van der Waals surface area contributed by atoms with Crippen molar-refractivity contribution in [3.63, 3.8) is 0 Å². The maximum absolute atomic E-state index is 14.1. The van der Waals surface area contributed by atoms with E-state index in [2.05, 4.69) is 10.5 Å². The van der Waals surface area contributed by atoms with Crippen LogP contribution in [0.1, 0.15) is 11.3 Å². The average molecular weight is 313 g/mol. The zero-order valence-corrected chi connectivity index (χ0v) is 12.2. The third-order valence-electron chi connectivity index (χ3n) is 3.63. The normalized spacial score (nSPS) is 15.4. The van der Waals surface area contributed by atoms with Gasteiger partial charge in [0.15, 0.2) is 0 Å². The van der Waals surface area contributed by atoms with Crippen molar-refractivity contribution < 1.29 is 15.0 Å². The number of benzene rings is 1. The number of para-hydroxylation sites is 1. The largest absolute Gasteiger partial charge is 0.492 e. The highest BCUT2D eigenvalue weighted by Crippen LogP contribution is 2.38. The Balaban J connectivity index is 0.00000156. The SMILES string of the molecule is Cc1ccc(N2[N]N3C(=C2O)C=Cc2cccc(F)c23)cn1.O. The van der Waals surface area contributed by atoms with Crippen molar-refractivity contribution in [2.24, 2.45) is 0 Å². The van der Waals surface area contributed by atoms with Crippen LogP contribution < -0.4 is 15.6 Å². The first-order valence-electron chi connectivity index (χ1n) is 6.79. The lowest BCUT2D eigenvalue weighted by molar-refractivity contribution is 0.387. The van der Waals surface area contributed by atoms with Crippen LogP contribution in [-0.4, -0.2) is 15.6 Å². The number of rotatable bonds is 1. The zero-order chi connectivity index (χ0) is 15.3. The number of anilines is 2. The van der Waals surface area contributed by atoms with Gasteiger partial charge in [0, 0.05) is 11.3 Å². The number of aliphatic hydroxyl groups is 1. The third kappa shape index (κ3) is 2.23. The molecule has 0 saturated carbocycles. The van der Waals surface area contributed by atoms with Gasteiger partial charge in [0.05, 0.1) is 11.9 Å². The van der Waals surface area contributed by atoms with Gasteiger partial charge in [-0.2, -0.15) is 0 Å². The minimum atomic E-state index is -0.389. The molecule has 0 spiro atoms. The molecular weight excluding hydrogens is 299 g/mol. The molecule has 4 rings (SSSR count). The molecule has 2 aromatic rings. The second-order valence-corrected chi connectivity index (χ2v) is 5.09. The van der Waals surface area contributed by atoms with Gasteiger partial charge in [0.2, 0.25) is 5.88 Å². The summed E-state index contributed by atoms with van der Waals surface area (Å²) in [5.41, 5.74) is 7.25. The number of hydrogen-bond donors (Lipinski definition) is 1. The van der Waals surface area contributed by atoms with Crippen molar-refractivity contribution in [1.82, 2.24) is 10.5 Å². The number of hydrogen-bond acceptors (Lipinski definition) is 4. The monoisotopic (exact) mass is 313 g/mol. The molecule has 1 radical (unpaired) electrons. The summed E-state index contributed by atoms with van der Waals surface area (Å²) in [7, 11) is 0. The summed E-state index contributed by atoms with van der Waals surface area (Å²) < 4.78 is 14.1. The molecule has 0 saturated heterocycles. The molecule has 1 aromatic carbocycles. The number of aryl methyl sites for hydroxylation is 1. The fourth-order valence-corrected chi connectivity index (χ4v) is 2.51. The lowest BCUT2D eigenvalue weighted by Crippen LogP contribution is -2.36. The molecule has 2 aliphatic heterocycles. The van der Waals surface area contributed by atoms with Crippen molar-refractivity contribution in [2.75, 3.05) is 10.0 Å². The minimum Gasteiger partial charge on any atom is -0.492 e. The smallest absolute Gasteiger partial charge is 0.235 e. The van der Waals surface area contributed by atoms with Gasteiger partial charge in [0.1, 0.15) is 17.2 Å². The highest BCUT2D eigenvalue weighted by molar-refractivity contribution is 5.78. The summed E-state index contributed by atoms with van der Waals surface area (Å²) in [6.07, 6.45) is 5.08. The molecule has 1 aromatic heterocycles. The van der Waals surface area contributed by atoms with E-state index in [0.717, 1.165) is 5.69 Å². The van der Waals surface area contributed by atoms with Crippen LogP contribution in [0.3, 0.4) is 0 Å². The van der Waals surface area contributed by atoms with Crippen molar-refractivity contribution >= 4 is 17.5 Å². The molecule has 6 nitrogen and oxygen atoms in total. The van der Waals surface area contributed by atoms with Gasteiger partial charge in [-0.1, -0.05) is 18.2 Å². The lowest BCUT2D eigenvalue weighted by Gasteiger charge is -2.24. The third-order valence-corrected chi connectivity index (χ3v) is 3.63. The van der Waals surface area contributed by atoms with Gasteiger partial charge in [-0.05, 0) is 36.7 Å².